The number of amides is 1. The number of unbranched alkanes of at least 4 members (excludes halogenated alkanes) is 2. The molecule has 2 rings (SSSR count). The number of hydrogen-bond donors (Lipinski definition) is 1. The molecular formula is C22H29BrN2O2. The number of benzene rings is 1. The van der Waals surface area contributed by atoms with Gasteiger partial charge in [0.25, 0.3) is 5.91 Å². The van der Waals surface area contributed by atoms with Gasteiger partial charge in [-0.1, -0.05) is 44.9 Å². The monoisotopic (exact) mass is 432 g/mol. The van der Waals surface area contributed by atoms with E-state index in [0.717, 1.165) is 54.0 Å². The van der Waals surface area contributed by atoms with E-state index in [1.54, 1.807) is 0 Å². The molecule has 0 atom stereocenters. The van der Waals surface area contributed by atoms with Gasteiger partial charge in [0, 0.05) is 23.6 Å². The van der Waals surface area contributed by atoms with E-state index in [1.807, 2.05) is 45.9 Å². The molecule has 1 aromatic carbocycles. The topological polar surface area (TPSA) is 51.1 Å². The average Bonchev–Trinajstić information content (AvgIpc) is 2.64. The van der Waals surface area contributed by atoms with E-state index < -0.39 is 0 Å². The molecule has 0 radical (unpaired) electrons. The highest BCUT2D eigenvalue weighted by Crippen LogP contribution is 2.23. The molecule has 0 saturated heterocycles. The Morgan fingerprint density at radius 1 is 1.11 bits per heavy atom. The SMILES string of the molecule is CCCCCn1c(C)c(Br)c(=O)c(C(=O)Nc2c(C)cccc2C)c1CC. The molecule has 0 spiro atoms. The Kier molecular flexibility index (Phi) is 7.42. The van der Waals surface area contributed by atoms with Gasteiger partial charge in [0.1, 0.15) is 5.56 Å². The third-order valence-electron chi connectivity index (χ3n) is 5.03. The summed E-state index contributed by atoms with van der Waals surface area (Å²) in [7, 11) is 0. The summed E-state index contributed by atoms with van der Waals surface area (Å²) < 4.78 is 2.60. The lowest BCUT2D eigenvalue weighted by Gasteiger charge is -2.21. The second-order valence-electron chi connectivity index (χ2n) is 6.98. The minimum Gasteiger partial charge on any atom is -0.347 e. The lowest BCUT2D eigenvalue weighted by Crippen LogP contribution is -2.30. The Balaban J connectivity index is 2.54. The van der Waals surface area contributed by atoms with Gasteiger partial charge in [-0.05, 0) is 60.7 Å². The first-order valence-electron chi connectivity index (χ1n) is 9.62. The third kappa shape index (κ3) is 4.52. The molecule has 0 aliphatic carbocycles. The van der Waals surface area contributed by atoms with E-state index in [9.17, 15) is 9.59 Å². The van der Waals surface area contributed by atoms with E-state index in [0.29, 0.717) is 10.9 Å². The van der Waals surface area contributed by atoms with Crippen LogP contribution < -0.4 is 10.7 Å². The maximum absolute atomic E-state index is 13.1. The number of anilines is 1. The largest absolute Gasteiger partial charge is 0.347 e. The molecule has 1 N–H and O–H groups in total. The van der Waals surface area contributed by atoms with Crippen molar-refractivity contribution in [2.45, 2.75) is 66.8 Å². The molecule has 0 unspecified atom stereocenters. The van der Waals surface area contributed by atoms with Gasteiger partial charge in [-0.15, -0.1) is 0 Å². The molecule has 0 aliphatic rings. The van der Waals surface area contributed by atoms with Crippen LogP contribution in [0, 0.1) is 20.8 Å². The van der Waals surface area contributed by atoms with E-state index in [2.05, 4.69) is 32.7 Å². The second-order valence-corrected chi connectivity index (χ2v) is 7.78. The smallest absolute Gasteiger partial charge is 0.261 e. The summed E-state index contributed by atoms with van der Waals surface area (Å²) in [6.07, 6.45) is 3.90. The van der Waals surface area contributed by atoms with E-state index in [1.165, 1.54) is 0 Å². The van der Waals surface area contributed by atoms with Gasteiger partial charge < -0.3 is 9.88 Å². The predicted octanol–water partition coefficient (Wildman–Crippen LogP) is 5.54. The second kappa shape index (κ2) is 9.36. The number of para-hydroxylation sites is 1. The van der Waals surface area contributed by atoms with Gasteiger partial charge in [-0.2, -0.15) is 0 Å². The number of hydrogen-bond acceptors (Lipinski definition) is 2. The van der Waals surface area contributed by atoms with Crippen LogP contribution in [0.4, 0.5) is 5.69 Å². The first-order chi connectivity index (χ1) is 12.8. The highest BCUT2D eigenvalue weighted by molar-refractivity contribution is 9.10. The van der Waals surface area contributed by atoms with Crippen molar-refractivity contribution in [3.05, 3.63) is 61.0 Å². The van der Waals surface area contributed by atoms with E-state index in [-0.39, 0.29) is 16.9 Å². The number of pyridine rings is 1. The van der Waals surface area contributed by atoms with Gasteiger partial charge in [0.05, 0.1) is 4.47 Å². The van der Waals surface area contributed by atoms with Crippen molar-refractivity contribution in [3.8, 4) is 0 Å². The maximum Gasteiger partial charge on any atom is 0.261 e. The fraction of sp³-hybridized carbons (Fsp3) is 0.455. The van der Waals surface area contributed by atoms with Crippen molar-refractivity contribution in [3.63, 3.8) is 0 Å². The number of aryl methyl sites for hydroxylation is 2. The number of carbonyl (C=O) groups is 1. The average molecular weight is 433 g/mol. The van der Waals surface area contributed by atoms with Crippen LogP contribution in [0.25, 0.3) is 0 Å². The van der Waals surface area contributed by atoms with Crippen molar-refractivity contribution in [2.75, 3.05) is 5.32 Å². The summed E-state index contributed by atoms with van der Waals surface area (Å²) in [5, 5.41) is 2.98. The molecule has 146 valence electrons. The van der Waals surface area contributed by atoms with Gasteiger partial charge in [0.15, 0.2) is 0 Å². The summed E-state index contributed by atoms with van der Waals surface area (Å²) in [5.41, 5.74) is 4.44. The highest BCUT2D eigenvalue weighted by Gasteiger charge is 2.23. The maximum atomic E-state index is 13.1. The summed E-state index contributed by atoms with van der Waals surface area (Å²) in [5.74, 6) is -0.334. The lowest BCUT2D eigenvalue weighted by molar-refractivity contribution is 0.102. The Labute approximate surface area is 170 Å². The first-order valence-corrected chi connectivity index (χ1v) is 10.4. The predicted molar refractivity (Wildman–Crippen MR) is 116 cm³/mol. The third-order valence-corrected chi connectivity index (χ3v) is 5.96. The zero-order valence-corrected chi connectivity index (χ0v) is 18.5. The minimum absolute atomic E-state index is 0.236. The summed E-state index contributed by atoms with van der Waals surface area (Å²) in [6, 6.07) is 5.87. The Morgan fingerprint density at radius 3 is 2.30 bits per heavy atom. The highest BCUT2D eigenvalue weighted by atomic mass is 79.9. The van der Waals surface area contributed by atoms with Crippen LogP contribution in [-0.4, -0.2) is 10.5 Å². The van der Waals surface area contributed by atoms with Crippen LogP contribution in [0.3, 0.4) is 0 Å². The summed E-state index contributed by atoms with van der Waals surface area (Å²) in [6.45, 7) is 10.8. The van der Waals surface area contributed by atoms with Crippen molar-refractivity contribution in [1.29, 1.82) is 0 Å². The number of halogens is 1. The van der Waals surface area contributed by atoms with Gasteiger partial charge in [-0.3, -0.25) is 9.59 Å². The molecular weight excluding hydrogens is 404 g/mol. The van der Waals surface area contributed by atoms with Gasteiger partial charge in [-0.25, -0.2) is 0 Å². The van der Waals surface area contributed by atoms with Crippen LogP contribution >= 0.6 is 15.9 Å². The fourth-order valence-electron chi connectivity index (χ4n) is 3.47. The van der Waals surface area contributed by atoms with Crippen LogP contribution in [0.15, 0.2) is 27.5 Å². The molecule has 2 aromatic rings. The molecule has 1 amide bonds. The molecule has 0 aliphatic heterocycles. The Bertz CT molecular complexity index is 880. The lowest BCUT2D eigenvalue weighted by atomic mass is 10.1. The number of aromatic nitrogens is 1. The van der Waals surface area contributed by atoms with Gasteiger partial charge in [0.2, 0.25) is 5.43 Å². The van der Waals surface area contributed by atoms with Crippen molar-refractivity contribution < 1.29 is 4.79 Å². The summed E-state index contributed by atoms with van der Waals surface area (Å²) in [4.78, 5) is 26.1. The molecule has 5 heteroatoms. The van der Waals surface area contributed by atoms with Crippen molar-refractivity contribution >= 4 is 27.5 Å². The van der Waals surface area contributed by atoms with Crippen LogP contribution in [0.2, 0.25) is 0 Å². The van der Waals surface area contributed by atoms with Crippen molar-refractivity contribution in [2.24, 2.45) is 0 Å². The van der Waals surface area contributed by atoms with Crippen LogP contribution in [-0.2, 0) is 13.0 Å². The Hall–Kier alpha value is -1.88. The van der Waals surface area contributed by atoms with E-state index >= 15 is 0 Å². The zero-order valence-electron chi connectivity index (χ0n) is 16.9. The van der Waals surface area contributed by atoms with Crippen LogP contribution in [0.1, 0.15) is 66.0 Å². The molecule has 0 bridgehead atoms. The first kappa shape index (κ1) is 21.4. The Morgan fingerprint density at radius 2 is 1.74 bits per heavy atom. The summed E-state index contributed by atoms with van der Waals surface area (Å²) >= 11 is 3.42. The molecule has 1 heterocycles. The molecule has 0 saturated carbocycles. The number of rotatable bonds is 7. The van der Waals surface area contributed by atoms with E-state index in [4.69, 9.17) is 0 Å². The number of nitrogens with one attached hydrogen (secondary N) is 1. The minimum atomic E-state index is -0.334. The quantitative estimate of drug-likeness (QED) is 0.583. The normalized spacial score (nSPS) is 10.9. The van der Waals surface area contributed by atoms with Crippen molar-refractivity contribution in [1.82, 2.24) is 4.57 Å². The molecule has 0 fully saturated rings. The van der Waals surface area contributed by atoms with Gasteiger partial charge >= 0.3 is 0 Å². The standard InChI is InChI=1S/C22H29BrN2O2/c1-6-8-9-13-25-16(5)19(23)21(26)18(17(25)7-2)22(27)24-20-14(3)11-10-12-15(20)4/h10-12H,6-9,13H2,1-5H3,(H,24,27). The van der Waals surface area contributed by atoms with Crippen LogP contribution in [0.5, 0.6) is 0 Å². The molecule has 4 nitrogen and oxygen atoms in total. The fourth-order valence-corrected chi connectivity index (χ4v) is 3.89. The zero-order chi connectivity index (χ0) is 20.1. The molecule has 1 aromatic heterocycles. The number of carbonyl (C=O) groups excluding carboxylic acids is 1. The number of nitrogens with zero attached hydrogens (tertiary/aromatic N) is 1. The molecule has 27 heavy (non-hydrogen) atoms.